The van der Waals surface area contributed by atoms with E-state index >= 15 is 0 Å². The predicted octanol–water partition coefficient (Wildman–Crippen LogP) is 1.99. The third-order valence-corrected chi connectivity index (χ3v) is 3.60. The van der Waals surface area contributed by atoms with E-state index in [-0.39, 0.29) is 36.5 Å². The van der Waals surface area contributed by atoms with E-state index in [9.17, 15) is 29.3 Å². The van der Waals surface area contributed by atoms with Gasteiger partial charge in [0, 0.05) is 31.4 Å². The molecule has 1 unspecified atom stereocenters. The molecule has 1 aliphatic heterocycles. The number of allylic oxidation sites excluding steroid dienone is 1. The minimum absolute atomic E-state index is 0.0136. The number of carbonyl (C=O) groups excluding carboxylic acids is 2. The van der Waals surface area contributed by atoms with E-state index in [4.69, 9.17) is 9.47 Å². The number of rotatable bonds is 0. The Morgan fingerprint density at radius 2 is 1.96 bits per heavy atom. The summed E-state index contributed by atoms with van der Waals surface area (Å²) in [7, 11) is 0. The first-order chi connectivity index (χ1) is 11.8. The number of fused-ring (bicyclic) bond motifs is 1. The van der Waals surface area contributed by atoms with Crippen molar-refractivity contribution in [2.75, 3.05) is 6.61 Å². The second kappa shape index (κ2) is 7.98. The molecule has 7 nitrogen and oxygen atoms in total. The maximum atomic E-state index is 13.7. The van der Waals surface area contributed by atoms with E-state index in [1.807, 2.05) is 0 Å². The van der Waals surface area contributed by atoms with Crippen molar-refractivity contribution in [3.8, 4) is 17.2 Å². The van der Waals surface area contributed by atoms with Crippen LogP contribution in [0.4, 0.5) is 4.39 Å². The molecule has 0 aromatic heterocycles. The Bertz CT molecular complexity index is 698. The van der Waals surface area contributed by atoms with Gasteiger partial charge in [0.05, 0.1) is 12.7 Å². The van der Waals surface area contributed by atoms with Crippen LogP contribution in [0.2, 0.25) is 0 Å². The Balaban J connectivity index is 2.34. The number of hydrogen-bond donors (Lipinski definition) is 3. The number of phenolic OH excluding ortho intramolecular Hbond substituents is 2. The first-order valence-corrected chi connectivity index (χ1v) is 7.74. The van der Waals surface area contributed by atoms with Crippen LogP contribution in [-0.4, -0.2) is 45.9 Å². The molecule has 8 heteroatoms. The summed E-state index contributed by atoms with van der Waals surface area (Å²) in [6.45, 7) is 1.36. The monoisotopic (exact) mass is 354 g/mol. The Morgan fingerprint density at radius 1 is 1.24 bits per heavy atom. The molecule has 0 amide bonds. The summed E-state index contributed by atoms with van der Waals surface area (Å²) in [4.78, 5) is 23.9. The van der Waals surface area contributed by atoms with Crippen LogP contribution in [0.1, 0.15) is 36.5 Å². The number of halogens is 1. The van der Waals surface area contributed by atoms with Gasteiger partial charge in [-0.2, -0.15) is 0 Å². The normalized spacial score (nSPS) is 25.0. The average molecular weight is 354 g/mol. The highest BCUT2D eigenvalue weighted by Gasteiger charge is 2.24. The first-order valence-electron chi connectivity index (χ1n) is 7.74. The topological polar surface area (TPSA) is 113 Å². The molecule has 0 spiro atoms. The number of ketones is 1. The van der Waals surface area contributed by atoms with Crippen molar-refractivity contribution in [1.82, 2.24) is 0 Å². The van der Waals surface area contributed by atoms with Gasteiger partial charge in [0.15, 0.2) is 11.6 Å². The summed E-state index contributed by atoms with van der Waals surface area (Å²) in [6.07, 6.45) is -1.40. The van der Waals surface area contributed by atoms with Crippen LogP contribution in [0.3, 0.4) is 0 Å². The van der Waals surface area contributed by atoms with Crippen molar-refractivity contribution in [3.05, 3.63) is 29.6 Å². The lowest BCUT2D eigenvalue weighted by atomic mass is 10.1. The highest BCUT2D eigenvalue weighted by Crippen LogP contribution is 2.34. The molecule has 0 bridgehead atoms. The number of esters is 1. The quantitative estimate of drug-likeness (QED) is 0.611. The lowest BCUT2D eigenvalue weighted by molar-refractivity contribution is -0.118. The molecule has 0 radical (unpaired) electrons. The summed E-state index contributed by atoms with van der Waals surface area (Å²) in [5, 5.41) is 29.3. The highest BCUT2D eigenvalue weighted by molar-refractivity contribution is 5.96. The molecule has 1 aromatic carbocycles. The number of aromatic hydroxyl groups is 2. The number of hydrogen-bond acceptors (Lipinski definition) is 7. The number of carbonyl (C=O) groups is 2. The number of Topliss-reactive ketones (excluding diaryl/α,β-unsaturated/α-hetero) is 1. The molecule has 3 N–H and O–H groups in total. The molecule has 0 fully saturated rings. The van der Waals surface area contributed by atoms with Crippen molar-refractivity contribution >= 4 is 11.8 Å². The van der Waals surface area contributed by atoms with Gasteiger partial charge in [-0.25, -0.2) is 9.18 Å². The summed E-state index contributed by atoms with van der Waals surface area (Å²) in [6, 6.07) is 2.09. The van der Waals surface area contributed by atoms with E-state index in [0.29, 0.717) is 0 Å². The Hall–Kier alpha value is -2.61. The molecular weight excluding hydrogens is 335 g/mol. The zero-order chi connectivity index (χ0) is 18.6. The third kappa shape index (κ3) is 4.93. The summed E-state index contributed by atoms with van der Waals surface area (Å²) in [5.74, 6) is -3.74. The Morgan fingerprint density at radius 3 is 2.68 bits per heavy atom. The van der Waals surface area contributed by atoms with Crippen molar-refractivity contribution in [2.45, 2.75) is 38.4 Å². The van der Waals surface area contributed by atoms with Crippen LogP contribution in [-0.2, 0) is 9.53 Å². The van der Waals surface area contributed by atoms with Gasteiger partial charge >= 0.3 is 5.97 Å². The molecule has 25 heavy (non-hydrogen) atoms. The second-order valence-corrected chi connectivity index (χ2v) is 5.76. The van der Waals surface area contributed by atoms with E-state index < -0.39 is 42.0 Å². The number of cyclic esters (lactones) is 1. The van der Waals surface area contributed by atoms with Crippen molar-refractivity contribution < 1.29 is 38.8 Å². The number of aliphatic hydroxyl groups excluding tert-OH is 1. The number of benzene rings is 1. The Labute approximate surface area is 143 Å². The third-order valence-electron chi connectivity index (χ3n) is 3.60. The molecule has 2 atom stereocenters. The van der Waals surface area contributed by atoms with E-state index in [2.05, 4.69) is 0 Å². The molecule has 1 aliphatic rings. The van der Waals surface area contributed by atoms with Gasteiger partial charge in [0.25, 0.3) is 0 Å². The lowest BCUT2D eigenvalue weighted by Gasteiger charge is -2.17. The van der Waals surface area contributed by atoms with Crippen LogP contribution in [0.15, 0.2) is 24.0 Å². The van der Waals surface area contributed by atoms with Crippen LogP contribution < -0.4 is 4.74 Å². The fourth-order valence-corrected chi connectivity index (χ4v) is 2.30. The van der Waals surface area contributed by atoms with Crippen LogP contribution >= 0.6 is 0 Å². The number of ether oxygens (including phenoxy) is 2. The standard InChI is InChI=1S/C17H19FO7/c1-9-2-3-12(18)13(21)6-10(19)4-5-24-15-8-11(20)7-14(22)16(15)17(23)25-9/h3,7-10,19-20,22H,2,4-6H2,1H3/b12-3+/t9-,10?/m0/s1. The van der Waals surface area contributed by atoms with Gasteiger partial charge in [0.1, 0.15) is 28.9 Å². The number of phenols is 2. The van der Waals surface area contributed by atoms with Crippen LogP contribution in [0.5, 0.6) is 17.2 Å². The van der Waals surface area contributed by atoms with Crippen molar-refractivity contribution in [2.24, 2.45) is 0 Å². The summed E-state index contributed by atoms with van der Waals surface area (Å²) in [5.41, 5.74) is -0.281. The maximum Gasteiger partial charge on any atom is 0.346 e. The van der Waals surface area contributed by atoms with Gasteiger partial charge in [0.2, 0.25) is 0 Å². The van der Waals surface area contributed by atoms with E-state index in [0.717, 1.165) is 18.2 Å². The molecule has 0 saturated heterocycles. The lowest BCUT2D eigenvalue weighted by Crippen LogP contribution is -2.20. The largest absolute Gasteiger partial charge is 0.508 e. The fraction of sp³-hybridized carbons (Fsp3) is 0.412. The molecule has 1 heterocycles. The molecular formula is C17H19FO7. The zero-order valence-corrected chi connectivity index (χ0v) is 13.6. The highest BCUT2D eigenvalue weighted by atomic mass is 19.1. The van der Waals surface area contributed by atoms with Crippen LogP contribution in [0.25, 0.3) is 0 Å². The fourth-order valence-electron chi connectivity index (χ4n) is 2.30. The van der Waals surface area contributed by atoms with Crippen molar-refractivity contribution in [1.29, 1.82) is 0 Å². The van der Waals surface area contributed by atoms with Crippen molar-refractivity contribution in [3.63, 3.8) is 0 Å². The minimum Gasteiger partial charge on any atom is -0.508 e. The first kappa shape index (κ1) is 18.7. The summed E-state index contributed by atoms with van der Waals surface area (Å²) >= 11 is 0. The maximum absolute atomic E-state index is 13.7. The van der Waals surface area contributed by atoms with E-state index in [1.54, 1.807) is 0 Å². The van der Waals surface area contributed by atoms with Gasteiger partial charge in [-0.1, -0.05) is 0 Å². The van der Waals surface area contributed by atoms with Gasteiger partial charge in [-0.05, 0) is 13.0 Å². The van der Waals surface area contributed by atoms with E-state index in [1.165, 1.54) is 6.92 Å². The van der Waals surface area contributed by atoms with Gasteiger partial charge < -0.3 is 24.8 Å². The zero-order valence-electron chi connectivity index (χ0n) is 13.6. The van der Waals surface area contributed by atoms with Crippen LogP contribution in [0, 0.1) is 0 Å². The molecule has 0 aliphatic carbocycles. The predicted molar refractivity (Wildman–Crippen MR) is 84.2 cm³/mol. The summed E-state index contributed by atoms with van der Waals surface area (Å²) < 4.78 is 24.1. The SMILES string of the molecule is C[C@H]1C/C=C(/F)C(=O)CC(O)CCOc2cc(O)cc(O)c2C(=O)O1. The minimum atomic E-state index is -1.13. The van der Waals surface area contributed by atoms with Gasteiger partial charge in [-0.15, -0.1) is 0 Å². The average Bonchev–Trinajstić information content (AvgIpc) is 2.50. The second-order valence-electron chi connectivity index (χ2n) is 5.76. The molecule has 1 aromatic rings. The smallest absolute Gasteiger partial charge is 0.346 e. The molecule has 2 rings (SSSR count). The molecule has 136 valence electrons. The Kier molecular flexibility index (Phi) is 5.97. The van der Waals surface area contributed by atoms with Gasteiger partial charge in [-0.3, -0.25) is 4.79 Å². The number of aliphatic hydroxyl groups is 1. The molecule has 0 saturated carbocycles.